The summed E-state index contributed by atoms with van der Waals surface area (Å²) in [6.07, 6.45) is 1.28. The lowest BCUT2D eigenvalue weighted by Gasteiger charge is -2.18. The van der Waals surface area contributed by atoms with E-state index < -0.39 is 0 Å². The molecule has 0 radical (unpaired) electrons. The van der Waals surface area contributed by atoms with Gasteiger partial charge in [0.15, 0.2) is 11.5 Å². The Labute approximate surface area is 114 Å². The van der Waals surface area contributed by atoms with Crippen LogP contribution in [0.2, 0.25) is 0 Å². The third-order valence-electron chi connectivity index (χ3n) is 3.23. The van der Waals surface area contributed by atoms with Crippen LogP contribution >= 0.6 is 0 Å². The summed E-state index contributed by atoms with van der Waals surface area (Å²) >= 11 is 0. The fourth-order valence-electron chi connectivity index (χ4n) is 2.20. The summed E-state index contributed by atoms with van der Waals surface area (Å²) < 4.78 is 15.9. The van der Waals surface area contributed by atoms with Crippen molar-refractivity contribution in [1.82, 2.24) is 0 Å². The van der Waals surface area contributed by atoms with Crippen molar-refractivity contribution in [3.63, 3.8) is 0 Å². The molecule has 0 saturated carbocycles. The number of benzene rings is 1. The van der Waals surface area contributed by atoms with Gasteiger partial charge >= 0.3 is 0 Å². The molecule has 106 valence electrons. The monoisotopic (exact) mass is 266 g/mol. The van der Waals surface area contributed by atoms with Crippen LogP contribution in [0.4, 0.5) is 0 Å². The highest BCUT2D eigenvalue weighted by Crippen LogP contribution is 2.40. The summed E-state index contributed by atoms with van der Waals surface area (Å²) in [5.41, 5.74) is 0.906. The van der Waals surface area contributed by atoms with E-state index in [1.165, 1.54) is 0 Å². The molecular formula is C15H22O4. The molecule has 1 aromatic carbocycles. The Kier molecular flexibility index (Phi) is 5.67. The maximum Gasteiger partial charge on any atom is 0.203 e. The highest BCUT2D eigenvalue weighted by Gasteiger charge is 2.21. The van der Waals surface area contributed by atoms with Crippen LogP contribution < -0.4 is 14.2 Å². The van der Waals surface area contributed by atoms with Crippen molar-refractivity contribution >= 4 is 5.78 Å². The minimum absolute atomic E-state index is 0.126. The van der Waals surface area contributed by atoms with E-state index in [0.29, 0.717) is 23.7 Å². The van der Waals surface area contributed by atoms with E-state index in [1.54, 1.807) is 21.3 Å². The number of ether oxygens (including phenoxy) is 3. The van der Waals surface area contributed by atoms with Crippen LogP contribution in [0.5, 0.6) is 17.2 Å². The summed E-state index contributed by atoms with van der Waals surface area (Å²) in [7, 11) is 4.71. The van der Waals surface area contributed by atoms with E-state index in [9.17, 15) is 4.79 Å². The molecule has 0 N–H and O–H groups in total. The van der Waals surface area contributed by atoms with Gasteiger partial charge in [0.2, 0.25) is 5.75 Å². The van der Waals surface area contributed by atoms with Gasteiger partial charge in [0.05, 0.1) is 21.3 Å². The number of ketones is 1. The highest BCUT2D eigenvalue weighted by atomic mass is 16.5. The predicted octanol–water partition coefficient (Wildman–Crippen LogP) is 3.19. The topological polar surface area (TPSA) is 44.8 Å². The molecule has 1 aromatic rings. The molecule has 0 unspecified atom stereocenters. The Morgan fingerprint density at radius 3 is 1.89 bits per heavy atom. The maximum atomic E-state index is 12.0. The van der Waals surface area contributed by atoms with Crippen LogP contribution in [-0.4, -0.2) is 27.1 Å². The van der Waals surface area contributed by atoms with Crippen LogP contribution in [0.25, 0.3) is 0 Å². The minimum atomic E-state index is -0.126. The van der Waals surface area contributed by atoms with Gasteiger partial charge < -0.3 is 14.2 Å². The first-order valence-electron chi connectivity index (χ1n) is 6.45. The number of hydrogen-bond donors (Lipinski definition) is 0. The molecule has 0 aromatic heterocycles. The second-order valence-corrected chi connectivity index (χ2v) is 4.24. The number of carbonyl (C=O) groups is 1. The summed E-state index contributed by atoms with van der Waals surface area (Å²) in [6, 6.07) is 3.70. The molecule has 1 rings (SSSR count). The molecule has 0 fully saturated rings. The number of rotatable bonds is 7. The summed E-state index contributed by atoms with van der Waals surface area (Å²) in [6.45, 7) is 3.88. The Morgan fingerprint density at radius 2 is 1.58 bits per heavy atom. The van der Waals surface area contributed by atoms with Gasteiger partial charge in [-0.25, -0.2) is 0 Å². The summed E-state index contributed by atoms with van der Waals surface area (Å²) in [5, 5.41) is 0. The van der Waals surface area contributed by atoms with Gasteiger partial charge in [-0.15, -0.1) is 0 Å². The lowest BCUT2D eigenvalue weighted by molar-refractivity contribution is -0.120. The van der Waals surface area contributed by atoms with Crippen molar-refractivity contribution in [2.75, 3.05) is 21.3 Å². The molecule has 0 aliphatic heterocycles. The van der Waals surface area contributed by atoms with Crippen LogP contribution in [0.3, 0.4) is 0 Å². The first-order valence-corrected chi connectivity index (χ1v) is 6.45. The van der Waals surface area contributed by atoms with E-state index >= 15 is 0 Å². The molecule has 0 heterocycles. The lowest BCUT2D eigenvalue weighted by atomic mass is 9.90. The Morgan fingerprint density at radius 1 is 1.05 bits per heavy atom. The van der Waals surface area contributed by atoms with Gasteiger partial charge in [-0.1, -0.05) is 13.8 Å². The fraction of sp³-hybridized carbons (Fsp3) is 0.533. The molecule has 0 aliphatic carbocycles. The van der Waals surface area contributed by atoms with E-state index in [0.717, 1.165) is 12.0 Å². The normalized spacial score (nSPS) is 11.8. The average Bonchev–Trinajstić information content (AvgIpc) is 2.46. The number of Topliss-reactive ketones (excluding diaryl/α,β-unsaturated/α-hetero) is 1. The maximum absolute atomic E-state index is 12.0. The zero-order valence-electron chi connectivity index (χ0n) is 12.3. The van der Waals surface area contributed by atoms with E-state index in [1.807, 2.05) is 26.0 Å². The molecule has 0 saturated heterocycles. The van der Waals surface area contributed by atoms with Gasteiger partial charge in [0, 0.05) is 12.3 Å². The van der Waals surface area contributed by atoms with E-state index in [4.69, 9.17) is 14.2 Å². The molecule has 0 bridgehead atoms. The van der Waals surface area contributed by atoms with Crippen molar-refractivity contribution in [2.45, 2.75) is 32.6 Å². The number of methoxy groups -OCH3 is 3. The van der Waals surface area contributed by atoms with Crippen LogP contribution in [0.15, 0.2) is 12.1 Å². The average molecular weight is 266 g/mol. The van der Waals surface area contributed by atoms with Gasteiger partial charge in [-0.2, -0.15) is 0 Å². The largest absolute Gasteiger partial charge is 0.493 e. The molecule has 1 atom stereocenters. The second-order valence-electron chi connectivity index (χ2n) is 4.24. The van der Waals surface area contributed by atoms with Gasteiger partial charge in [0.1, 0.15) is 5.78 Å². The van der Waals surface area contributed by atoms with Gasteiger partial charge in [0.25, 0.3) is 0 Å². The standard InChI is InChI=1S/C15H22O4/c1-6-11(12(16)7-2)10-8-13(17-3)15(19-5)14(9-10)18-4/h8-9,11H,6-7H2,1-5H3/t11-/m1/s1. The minimum Gasteiger partial charge on any atom is -0.493 e. The molecule has 4 heteroatoms. The first kappa shape index (κ1) is 15.3. The molecule has 19 heavy (non-hydrogen) atoms. The Balaban J connectivity index is 3.32. The summed E-state index contributed by atoms with van der Waals surface area (Å²) in [4.78, 5) is 12.0. The SMILES string of the molecule is CCC(=O)[C@H](CC)c1cc(OC)c(OC)c(OC)c1. The molecule has 0 aliphatic rings. The third kappa shape index (κ3) is 3.19. The fourth-order valence-corrected chi connectivity index (χ4v) is 2.20. The van der Waals surface area contributed by atoms with Crippen molar-refractivity contribution in [2.24, 2.45) is 0 Å². The van der Waals surface area contributed by atoms with Crippen LogP contribution in [0, 0.1) is 0 Å². The lowest BCUT2D eigenvalue weighted by Crippen LogP contribution is -2.11. The van der Waals surface area contributed by atoms with Crippen molar-refractivity contribution in [3.05, 3.63) is 17.7 Å². The van der Waals surface area contributed by atoms with Crippen molar-refractivity contribution in [3.8, 4) is 17.2 Å². The second kappa shape index (κ2) is 7.02. The summed E-state index contributed by atoms with van der Waals surface area (Å²) in [5.74, 6) is 1.81. The highest BCUT2D eigenvalue weighted by molar-refractivity contribution is 5.85. The molecule has 4 nitrogen and oxygen atoms in total. The van der Waals surface area contributed by atoms with E-state index in [-0.39, 0.29) is 11.7 Å². The van der Waals surface area contributed by atoms with Gasteiger partial charge in [-0.3, -0.25) is 4.79 Å². The van der Waals surface area contributed by atoms with Crippen LogP contribution in [0.1, 0.15) is 38.2 Å². The molecule has 0 amide bonds. The van der Waals surface area contributed by atoms with Gasteiger partial charge in [-0.05, 0) is 24.1 Å². The van der Waals surface area contributed by atoms with E-state index in [2.05, 4.69) is 0 Å². The zero-order chi connectivity index (χ0) is 14.4. The van der Waals surface area contributed by atoms with Crippen molar-refractivity contribution < 1.29 is 19.0 Å². The quantitative estimate of drug-likeness (QED) is 0.760. The Bertz CT molecular complexity index is 415. The van der Waals surface area contributed by atoms with Crippen LogP contribution in [-0.2, 0) is 4.79 Å². The first-order chi connectivity index (χ1) is 9.12. The third-order valence-corrected chi connectivity index (χ3v) is 3.23. The number of hydrogen-bond acceptors (Lipinski definition) is 4. The number of carbonyl (C=O) groups excluding carboxylic acids is 1. The zero-order valence-corrected chi connectivity index (χ0v) is 12.3. The predicted molar refractivity (Wildman–Crippen MR) is 74.4 cm³/mol. The molecular weight excluding hydrogens is 244 g/mol. The molecule has 0 spiro atoms. The smallest absolute Gasteiger partial charge is 0.203 e. The van der Waals surface area contributed by atoms with Crippen molar-refractivity contribution in [1.29, 1.82) is 0 Å². The Hall–Kier alpha value is -1.71.